The molecule has 3 heteroatoms. The van der Waals surface area contributed by atoms with E-state index in [1.165, 1.54) is 6.42 Å². The summed E-state index contributed by atoms with van der Waals surface area (Å²) in [5, 5.41) is 0. The third kappa shape index (κ3) is 3.07. The fourth-order valence-electron chi connectivity index (χ4n) is 2.25. The van der Waals surface area contributed by atoms with Gasteiger partial charge in [-0.15, -0.1) is 0 Å². The van der Waals surface area contributed by atoms with E-state index in [0.29, 0.717) is 0 Å². The summed E-state index contributed by atoms with van der Waals surface area (Å²) in [4.78, 5) is 16.6. The Hall–Kier alpha value is -1.35. The van der Waals surface area contributed by atoms with Crippen molar-refractivity contribution in [3.63, 3.8) is 0 Å². The number of nitrogens with zero attached hydrogens (tertiary/aromatic N) is 2. The molecule has 1 fully saturated rings. The lowest BCUT2D eigenvalue weighted by atomic mass is 10.2. The first-order chi connectivity index (χ1) is 8.31. The molecule has 1 amide bonds. The third-order valence-electron chi connectivity index (χ3n) is 3.22. The van der Waals surface area contributed by atoms with Crippen LogP contribution in [0.5, 0.6) is 0 Å². The molecule has 92 valence electrons. The van der Waals surface area contributed by atoms with Gasteiger partial charge in [0, 0.05) is 31.7 Å². The minimum atomic E-state index is 0.168. The van der Waals surface area contributed by atoms with Crippen LogP contribution in [0.4, 0.5) is 0 Å². The number of amides is 1. The van der Waals surface area contributed by atoms with E-state index in [1.807, 2.05) is 35.2 Å². The van der Waals surface area contributed by atoms with Gasteiger partial charge in [0.25, 0.3) is 5.91 Å². The molecule has 0 atom stereocenters. The van der Waals surface area contributed by atoms with Crippen LogP contribution >= 0.6 is 0 Å². The summed E-state index contributed by atoms with van der Waals surface area (Å²) in [5.74, 6) is 0.168. The Bertz CT molecular complexity index is 356. The van der Waals surface area contributed by atoms with Crippen LogP contribution in [0.1, 0.15) is 23.7 Å². The summed E-state index contributed by atoms with van der Waals surface area (Å²) in [6, 6.07) is 9.55. The zero-order valence-electron chi connectivity index (χ0n) is 10.4. The zero-order chi connectivity index (χ0) is 12.1. The summed E-state index contributed by atoms with van der Waals surface area (Å²) in [6.45, 7) is 7.06. The zero-order valence-corrected chi connectivity index (χ0v) is 10.4. The second-order valence-electron chi connectivity index (χ2n) is 4.50. The number of carbonyl (C=O) groups excluding carboxylic acids is 1. The number of piperazine rings is 1. The largest absolute Gasteiger partial charge is 0.336 e. The number of carbonyl (C=O) groups is 1. The quantitative estimate of drug-likeness (QED) is 0.794. The highest BCUT2D eigenvalue weighted by Crippen LogP contribution is 2.08. The van der Waals surface area contributed by atoms with Gasteiger partial charge in [-0.25, -0.2) is 0 Å². The van der Waals surface area contributed by atoms with Crippen molar-refractivity contribution in [2.45, 2.75) is 13.3 Å². The highest BCUT2D eigenvalue weighted by Gasteiger charge is 2.21. The maximum absolute atomic E-state index is 12.2. The molecule has 1 saturated heterocycles. The van der Waals surface area contributed by atoms with Crippen molar-refractivity contribution in [3.8, 4) is 0 Å². The Morgan fingerprint density at radius 2 is 1.76 bits per heavy atom. The molecule has 0 bridgehead atoms. The highest BCUT2D eigenvalue weighted by atomic mass is 16.2. The van der Waals surface area contributed by atoms with E-state index in [9.17, 15) is 4.79 Å². The van der Waals surface area contributed by atoms with Crippen LogP contribution in [0, 0.1) is 0 Å². The van der Waals surface area contributed by atoms with E-state index in [-0.39, 0.29) is 5.91 Å². The first kappa shape index (κ1) is 12.1. The van der Waals surface area contributed by atoms with Gasteiger partial charge in [-0.1, -0.05) is 25.1 Å². The number of rotatable bonds is 3. The van der Waals surface area contributed by atoms with Crippen LogP contribution in [0.25, 0.3) is 0 Å². The topological polar surface area (TPSA) is 23.6 Å². The van der Waals surface area contributed by atoms with Crippen molar-refractivity contribution in [3.05, 3.63) is 35.9 Å². The van der Waals surface area contributed by atoms with Crippen molar-refractivity contribution >= 4 is 5.91 Å². The normalized spacial score (nSPS) is 17.1. The van der Waals surface area contributed by atoms with Crippen LogP contribution in [0.3, 0.4) is 0 Å². The van der Waals surface area contributed by atoms with Crippen molar-refractivity contribution in [2.75, 3.05) is 32.7 Å². The van der Waals surface area contributed by atoms with E-state index in [4.69, 9.17) is 0 Å². The molecule has 1 heterocycles. The van der Waals surface area contributed by atoms with E-state index in [0.717, 1.165) is 38.3 Å². The molecule has 1 aromatic rings. The minimum Gasteiger partial charge on any atom is -0.336 e. The molecule has 0 saturated carbocycles. The molecule has 1 aliphatic rings. The standard InChI is InChI=1S/C14H20N2O/c1-2-8-15-9-11-16(12-10-15)14(17)13-6-4-3-5-7-13/h3-7H,2,8-12H2,1H3. The average molecular weight is 232 g/mol. The van der Waals surface area contributed by atoms with Gasteiger partial charge in [0.15, 0.2) is 0 Å². The molecular weight excluding hydrogens is 212 g/mol. The Labute approximate surface area is 103 Å². The molecule has 2 rings (SSSR count). The summed E-state index contributed by atoms with van der Waals surface area (Å²) in [7, 11) is 0. The molecule has 0 aromatic heterocycles. The minimum absolute atomic E-state index is 0.168. The molecule has 3 nitrogen and oxygen atoms in total. The molecular formula is C14H20N2O. The van der Waals surface area contributed by atoms with Gasteiger partial charge in [0.2, 0.25) is 0 Å². The molecule has 1 aromatic carbocycles. The van der Waals surface area contributed by atoms with Crippen LogP contribution in [0.15, 0.2) is 30.3 Å². The molecule has 0 unspecified atom stereocenters. The lowest BCUT2D eigenvalue weighted by Gasteiger charge is -2.34. The van der Waals surface area contributed by atoms with Gasteiger partial charge in [-0.2, -0.15) is 0 Å². The Balaban J connectivity index is 1.91. The number of hydrogen-bond acceptors (Lipinski definition) is 2. The van der Waals surface area contributed by atoms with Gasteiger partial charge in [-0.3, -0.25) is 9.69 Å². The second kappa shape index (κ2) is 5.82. The van der Waals surface area contributed by atoms with Gasteiger partial charge < -0.3 is 4.90 Å². The first-order valence-electron chi connectivity index (χ1n) is 6.38. The number of benzene rings is 1. The summed E-state index contributed by atoms with van der Waals surface area (Å²) in [6.07, 6.45) is 1.19. The average Bonchev–Trinajstić information content (AvgIpc) is 2.40. The van der Waals surface area contributed by atoms with Crippen molar-refractivity contribution in [1.82, 2.24) is 9.80 Å². The third-order valence-corrected chi connectivity index (χ3v) is 3.22. The van der Waals surface area contributed by atoms with Gasteiger partial charge in [-0.05, 0) is 25.1 Å². The Morgan fingerprint density at radius 1 is 1.12 bits per heavy atom. The summed E-state index contributed by atoms with van der Waals surface area (Å²) >= 11 is 0. The number of hydrogen-bond donors (Lipinski definition) is 0. The van der Waals surface area contributed by atoms with Gasteiger partial charge in [0.1, 0.15) is 0 Å². The fraction of sp³-hybridized carbons (Fsp3) is 0.500. The van der Waals surface area contributed by atoms with Gasteiger partial charge >= 0.3 is 0 Å². The predicted octanol–water partition coefficient (Wildman–Crippen LogP) is 1.85. The smallest absolute Gasteiger partial charge is 0.253 e. The molecule has 0 N–H and O–H groups in total. The Morgan fingerprint density at radius 3 is 2.35 bits per heavy atom. The Kier molecular flexibility index (Phi) is 4.15. The highest BCUT2D eigenvalue weighted by molar-refractivity contribution is 5.94. The van der Waals surface area contributed by atoms with Crippen molar-refractivity contribution in [1.29, 1.82) is 0 Å². The molecule has 1 aliphatic heterocycles. The van der Waals surface area contributed by atoms with Crippen LogP contribution < -0.4 is 0 Å². The van der Waals surface area contributed by atoms with Crippen LogP contribution in [-0.2, 0) is 0 Å². The molecule has 17 heavy (non-hydrogen) atoms. The predicted molar refractivity (Wildman–Crippen MR) is 69.1 cm³/mol. The lowest BCUT2D eigenvalue weighted by molar-refractivity contribution is 0.0637. The summed E-state index contributed by atoms with van der Waals surface area (Å²) < 4.78 is 0. The maximum Gasteiger partial charge on any atom is 0.253 e. The van der Waals surface area contributed by atoms with Crippen LogP contribution in [0.2, 0.25) is 0 Å². The van der Waals surface area contributed by atoms with E-state index in [1.54, 1.807) is 0 Å². The second-order valence-corrected chi connectivity index (χ2v) is 4.50. The van der Waals surface area contributed by atoms with E-state index in [2.05, 4.69) is 11.8 Å². The molecule has 0 radical (unpaired) electrons. The van der Waals surface area contributed by atoms with E-state index >= 15 is 0 Å². The van der Waals surface area contributed by atoms with Crippen LogP contribution in [-0.4, -0.2) is 48.4 Å². The van der Waals surface area contributed by atoms with Crippen molar-refractivity contribution in [2.24, 2.45) is 0 Å². The van der Waals surface area contributed by atoms with Crippen molar-refractivity contribution < 1.29 is 4.79 Å². The SMILES string of the molecule is CCCN1CCN(C(=O)c2ccccc2)CC1. The monoisotopic (exact) mass is 232 g/mol. The lowest BCUT2D eigenvalue weighted by Crippen LogP contribution is -2.48. The summed E-state index contributed by atoms with van der Waals surface area (Å²) in [5.41, 5.74) is 0.802. The maximum atomic E-state index is 12.2. The fourth-order valence-corrected chi connectivity index (χ4v) is 2.25. The van der Waals surface area contributed by atoms with Gasteiger partial charge in [0.05, 0.1) is 0 Å². The molecule has 0 spiro atoms. The first-order valence-corrected chi connectivity index (χ1v) is 6.38. The van der Waals surface area contributed by atoms with E-state index < -0.39 is 0 Å². The molecule has 0 aliphatic carbocycles.